The van der Waals surface area contributed by atoms with Gasteiger partial charge in [0.15, 0.2) is 9.84 Å². The van der Waals surface area contributed by atoms with Crippen molar-refractivity contribution in [2.24, 2.45) is 0 Å². The topological polar surface area (TPSA) is 84.0 Å². The van der Waals surface area contributed by atoms with Gasteiger partial charge < -0.3 is 14.5 Å². The van der Waals surface area contributed by atoms with E-state index in [0.29, 0.717) is 62.5 Å². The number of halogens is 1. The summed E-state index contributed by atoms with van der Waals surface area (Å²) in [6, 6.07) is 10.6. The van der Waals surface area contributed by atoms with Crippen molar-refractivity contribution in [2.45, 2.75) is 24.7 Å². The highest BCUT2D eigenvalue weighted by atomic mass is 32.2. The van der Waals surface area contributed by atoms with Crippen LogP contribution in [0.1, 0.15) is 28.8 Å². The number of benzene rings is 2. The van der Waals surface area contributed by atoms with Crippen LogP contribution in [0.15, 0.2) is 47.4 Å². The van der Waals surface area contributed by atoms with Crippen molar-refractivity contribution in [3.63, 3.8) is 0 Å². The first-order valence-corrected chi connectivity index (χ1v) is 12.3. The number of piperazine rings is 1. The second-order valence-corrected chi connectivity index (χ2v) is 9.85. The van der Waals surface area contributed by atoms with Gasteiger partial charge in [-0.3, -0.25) is 9.59 Å². The molecule has 0 unspecified atom stereocenters. The maximum atomic E-state index is 13.7. The summed E-state index contributed by atoms with van der Waals surface area (Å²) in [6.07, 6.45) is 1.99. The van der Waals surface area contributed by atoms with Gasteiger partial charge in [0, 0.05) is 44.4 Å². The number of carbonyl (C=O) groups excluding carboxylic acids is 2. The van der Waals surface area contributed by atoms with Crippen molar-refractivity contribution in [1.82, 2.24) is 9.80 Å². The third-order valence-electron chi connectivity index (χ3n) is 5.39. The van der Waals surface area contributed by atoms with Crippen LogP contribution < -0.4 is 4.74 Å². The summed E-state index contributed by atoms with van der Waals surface area (Å²) < 4.78 is 42.2. The summed E-state index contributed by atoms with van der Waals surface area (Å²) in [5.41, 5.74) is 0.807. The van der Waals surface area contributed by atoms with Gasteiger partial charge in [-0.25, -0.2) is 12.8 Å². The molecule has 1 aliphatic heterocycles. The molecule has 2 aromatic rings. The van der Waals surface area contributed by atoms with E-state index < -0.39 is 15.7 Å². The van der Waals surface area contributed by atoms with E-state index in [9.17, 15) is 22.4 Å². The minimum atomic E-state index is -3.24. The van der Waals surface area contributed by atoms with E-state index >= 15 is 0 Å². The number of rotatable bonds is 7. The number of amides is 2. The van der Waals surface area contributed by atoms with Crippen LogP contribution in [0.25, 0.3) is 0 Å². The zero-order valence-electron chi connectivity index (χ0n) is 18.2. The zero-order valence-corrected chi connectivity index (χ0v) is 19.0. The third-order valence-corrected chi connectivity index (χ3v) is 6.52. The van der Waals surface area contributed by atoms with Crippen molar-refractivity contribution in [1.29, 1.82) is 0 Å². The molecule has 0 saturated carbocycles. The summed E-state index contributed by atoms with van der Waals surface area (Å²) >= 11 is 0. The Labute approximate surface area is 187 Å². The molecule has 0 aliphatic carbocycles. The Balaban J connectivity index is 1.40. The van der Waals surface area contributed by atoms with Crippen LogP contribution in [0.5, 0.6) is 5.75 Å². The largest absolute Gasteiger partial charge is 0.494 e. The Kier molecular flexibility index (Phi) is 7.50. The predicted octanol–water partition coefficient (Wildman–Crippen LogP) is 2.68. The first-order valence-electron chi connectivity index (χ1n) is 10.4. The van der Waals surface area contributed by atoms with E-state index in [0.717, 1.165) is 6.26 Å². The summed E-state index contributed by atoms with van der Waals surface area (Å²) in [5, 5.41) is 0. The van der Waals surface area contributed by atoms with Gasteiger partial charge in [0.05, 0.1) is 11.5 Å². The Morgan fingerprint density at radius 3 is 2.22 bits per heavy atom. The van der Waals surface area contributed by atoms with Gasteiger partial charge in [0.25, 0.3) is 5.91 Å². The highest BCUT2D eigenvalue weighted by Gasteiger charge is 2.25. The lowest BCUT2D eigenvalue weighted by Crippen LogP contribution is -2.50. The SMILES string of the molecule is Cc1ccc(C(=O)N2CCN(C(=O)CCCOc3ccc(S(C)(=O)=O)cc3)CC2)cc1F. The summed E-state index contributed by atoms with van der Waals surface area (Å²) in [6.45, 7) is 3.67. The average molecular weight is 463 g/mol. The summed E-state index contributed by atoms with van der Waals surface area (Å²) in [7, 11) is -3.24. The zero-order chi connectivity index (χ0) is 23.3. The standard InChI is InChI=1S/C23H27FN2O5S/c1-17-5-6-18(16-21(17)24)23(28)26-13-11-25(12-14-26)22(27)4-3-15-31-19-7-9-20(10-8-19)32(2,29)30/h5-10,16H,3-4,11-15H2,1-2H3. The fourth-order valence-corrected chi connectivity index (χ4v) is 4.05. The smallest absolute Gasteiger partial charge is 0.254 e. The Morgan fingerprint density at radius 1 is 1.00 bits per heavy atom. The molecule has 2 amide bonds. The van der Waals surface area contributed by atoms with E-state index in [1.807, 2.05) is 0 Å². The van der Waals surface area contributed by atoms with Gasteiger partial charge in [-0.1, -0.05) is 6.07 Å². The fourth-order valence-electron chi connectivity index (χ4n) is 3.42. The van der Waals surface area contributed by atoms with Crippen LogP contribution in [0.2, 0.25) is 0 Å². The Morgan fingerprint density at radius 2 is 1.62 bits per heavy atom. The molecular formula is C23H27FN2O5S. The molecule has 1 saturated heterocycles. The minimum Gasteiger partial charge on any atom is -0.494 e. The predicted molar refractivity (Wildman–Crippen MR) is 118 cm³/mol. The van der Waals surface area contributed by atoms with Crippen molar-refractivity contribution < 1.29 is 27.1 Å². The lowest BCUT2D eigenvalue weighted by Gasteiger charge is -2.35. The number of carbonyl (C=O) groups is 2. The normalized spacial score (nSPS) is 14.3. The van der Waals surface area contributed by atoms with Crippen LogP contribution in [-0.2, 0) is 14.6 Å². The molecule has 0 aromatic heterocycles. The second-order valence-electron chi connectivity index (χ2n) is 7.83. The van der Waals surface area contributed by atoms with E-state index in [4.69, 9.17) is 4.74 Å². The van der Waals surface area contributed by atoms with Gasteiger partial charge >= 0.3 is 0 Å². The van der Waals surface area contributed by atoms with Crippen LogP contribution in [-0.4, -0.2) is 69.1 Å². The molecule has 1 fully saturated rings. The minimum absolute atomic E-state index is 0.00509. The summed E-state index contributed by atoms with van der Waals surface area (Å²) in [4.78, 5) is 28.6. The lowest BCUT2D eigenvalue weighted by molar-refractivity contribution is -0.132. The average Bonchev–Trinajstić information content (AvgIpc) is 2.78. The second kappa shape index (κ2) is 10.1. The lowest BCUT2D eigenvalue weighted by atomic mass is 10.1. The van der Waals surface area contributed by atoms with E-state index in [2.05, 4.69) is 0 Å². The molecule has 9 heteroatoms. The molecule has 1 heterocycles. The number of nitrogens with zero attached hydrogens (tertiary/aromatic N) is 2. The molecule has 0 N–H and O–H groups in total. The molecule has 172 valence electrons. The first kappa shape index (κ1) is 23.7. The number of hydrogen-bond acceptors (Lipinski definition) is 5. The number of sulfone groups is 1. The number of ether oxygens (including phenoxy) is 1. The van der Waals surface area contributed by atoms with Crippen LogP contribution >= 0.6 is 0 Å². The van der Waals surface area contributed by atoms with Gasteiger partial charge in [0.2, 0.25) is 5.91 Å². The first-order chi connectivity index (χ1) is 15.1. The molecule has 3 rings (SSSR count). The molecule has 2 aromatic carbocycles. The van der Waals surface area contributed by atoms with E-state index in [1.54, 1.807) is 41.0 Å². The maximum absolute atomic E-state index is 13.7. The van der Waals surface area contributed by atoms with Gasteiger partial charge in [-0.2, -0.15) is 0 Å². The molecule has 1 aliphatic rings. The molecular weight excluding hydrogens is 435 g/mol. The monoisotopic (exact) mass is 462 g/mol. The Hall–Kier alpha value is -2.94. The molecule has 0 atom stereocenters. The van der Waals surface area contributed by atoms with Crippen LogP contribution in [0.4, 0.5) is 4.39 Å². The highest BCUT2D eigenvalue weighted by Crippen LogP contribution is 2.17. The van der Waals surface area contributed by atoms with Crippen molar-refractivity contribution in [3.8, 4) is 5.75 Å². The number of aryl methyl sites for hydroxylation is 1. The van der Waals surface area contributed by atoms with Gasteiger partial charge in [0.1, 0.15) is 11.6 Å². The maximum Gasteiger partial charge on any atom is 0.254 e. The fraction of sp³-hybridized carbons (Fsp3) is 0.391. The van der Waals surface area contributed by atoms with Gasteiger partial charge in [-0.05, 0) is 55.3 Å². The molecule has 0 bridgehead atoms. The quantitative estimate of drug-likeness (QED) is 0.591. The van der Waals surface area contributed by atoms with E-state index in [-0.39, 0.29) is 16.7 Å². The van der Waals surface area contributed by atoms with Crippen molar-refractivity contribution in [3.05, 3.63) is 59.4 Å². The Bertz CT molecular complexity index is 1080. The summed E-state index contributed by atoms with van der Waals surface area (Å²) in [5.74, 6) is -0.0939. The van der Waals surface area contributed by atoms with Crippen LogP contribution in [0, 0.1) is 12.7 Å². The highest BCUT2D eigenvalue weighted by molar-refractivity contribution is 7.90. The van der Waals surface area contributed by atoms with Crippen molar-refractivity contribution in [2.75, 3.05) is 39.0 Å². The molecule has 0 spiro atoms. The van der Waals surface area contributed by atoms with Gasteiger partial charge in [-0.15, -0.1) is 0 Å². The molecule has 0 radical (unpaired) electrons. The number of hydrogen-bond donors (Lipinski definition) is 0. The van der Waals surface area contributed by atoms with Crippen molar-refractivity contribution >= 4 is 21.7 Å². The molecule has 7 nitrogen and oxygen atoms in total. The molecule has 32 heavy (non-hydrogen) atoms. The van der Waals surface area contributed by atoms with Crippen LogP contribution in [0.3, 0.4) is 0 Å². The van der Waals surface area contributed by atoms with E-state index in [1.165, 1.54) is 18.2 Å². The third kappa shape index (κ3) is 6.06.